The number of benzene rings is 2. The fourth-order valence-electron chi connectivity index (χ4n) is 3.22. The first-order chi connectivity index (χ1) is 12.4. The first-order valence-electron chi connectivity index (χ1n) is 8.32. The van der Waals surface area contributed by atoms with Crippen molar-refractivity contribution in [1.29, 1.82) is 0 Å². The van der Waals surface area contributed by atoms with Crippen LogP contribution in [0.2, 0.25) is 0 Å². The molecule has 3 rings (SSSR count). The molecule has 1 aliphatic rings. The smallest absolute Gasteiger partial charge is 0.269 e. The molecule has 0 fully saturated rings. The Morgan fingerprint density at radius 1 is 1.27 bits per heavy atom. The number of carbonyl (C=O) groups is 1. The van der Waals surface area contributed by atoms with Crippen molar-refractivity contribution < 1.29 is 14.5 Å². The number of hydrogen-bond donors (Lipinski definition) is 0. The van der Waals surface area contributed by atoms with Crippen LogP contribution in [0.25, 0.3) is 0 Å². The summed E-state index contributed by atoms with van der Waals surface area (Å²) < 4.78 is 8.00. The third kappa shape index (κ3) is 3.64. The Morgan fingerprint density at radius 3 is 2.58 bits per heavy atom. The van der Waals surface area contributed by atoms with E-state index in [4.69, 9.17) is 4.74 Å². The normalized spacial score (nSPS) is 18.5. The number of ketones is 1. The van der Waals surface area contributed by atoms with E-state index in [1.54, 1.807) is 12.1 Å². The number of carbonyl (C=O) groups excluding carboxylic acids is 1. The van der Waals surface area contributed by atoms with Gasteiger partial charge in [-0.25, -0.2) is 0 Å². The lowest BCUT2D eigenvalue weighted by Crippen LogP contribution is -2.42. The summed E-state index contributed by atoms with van der Waals surface area (Å²) in [4.78, 5) is 23.7. The fourth-order valence-corrected chi connectivity index (χ4v) is 4.84. The van der Waals surface area contributed by atoms with Crippen LogP contribution in [0.3, 0.4) is 0 Å². The van der Waals surface area contributed by atoms with Gasteiger partial charge >= 0.3 is 0 Å². The Bertz CT molecular complexity index is 869. The van der Waals surface area contributed by atoms with Gasteiger partial charge in [0.05, 0.1) is 14.1 Å². The van der Waals surface area contributed by atoms with Crippen LogP contribution in [-0.4, -0.2) is 16.3 Å². The second kappa shape index (κ2) is 7.64. The monoisotopic (exact) mass is 529 g/mol. The number of halogens is 2. The topological polar surface area (TPSA) is 69.4 Å². The zero-order valence-corrected chi connectivity index (χ0v) is 17.9. The molecule has 136 valence electrons. The van der Waals surface area contributed by atoms with Gasteiger partial charge in [0.25, 0.3) is 5.69 Å². The van der Waals surface area contributed by atoms with Crippen molar-refractivity contribution in [2.45, 2.75) is 38.2 Å². The number of Topliss-reactive ketones (excluding diaryl/α,β-unsaturated/α-hetero) is 1. The molecule has 1 atom stereocenters. The lowest BCUT2D eigenvalue weighted by molar-refractivity contribution is -0.384. The number of nitro groups is 1. The highest BCUT2D eigenvalue weighted by molar-refractivity contribution is 14.1. The van der Waals surface area contributed by atoms with Crippen LogP contribution in [0.1, 0.15) is 42.1 Å². The summed E-state index contributed by atoms with van der Waals surface area (Å²) in [6.07, 6.45) is 2.83. The average molecular weight is 530 g/mol. The SMILES string of the molecule is CCCCC1(Cc2ccc([N+](=O)[O-])cc2)Oc2c(I)cc(Br)cc2C1=O. The van der Waals surface area contributed by atoms with Gasteiger partial charge in [0.2, 0.25) is 5.78 Å². The van der Waals surface area contributed by atoms with Gasteiger partial charge in [-0.05, 0) is 53.1 Å². The lowest BCUT2D eigenvalue weighted by atomic mass is 9.84. The minimum atomic E-state index is -0.949. The van der Waals surface area contributed by atoms with Gasteiger partial charge in [0.15, 0.2) is 5.60 Å². The van der Waals surface area contributed by atoms with E-state index in [9.17, 15) is 14.9 Å². The van der Waals surface area contributed by atoms with Crippen LogP contribution < -0.4 is 4.74 Å². The molecule has 0 aliphatic carbocycles. The number of rotatable bonds is 6. The van der Waals surface area contributed by atoms with E-state index in [0.717, 1.165) is 26.4 Å². The zero-order chi connectivity index (χ0) is 18.9. The Hall–Kier alpha value is -1.48. The first-order valence-corrected chi connectivity index (χ1v) is 10.2. The van der Waals surface area contributed by atoms with Gasteiger partial charge < -0.3 is 4.74 Å². The minimum absolute atomic E-state index is 0.0153. The van der Waals surface area contributed by atoms with E-state index in [1.807, 2.05) is 12.1 Å². The third-order valence-electron chi connectivity index (χ3n) is 4.54. The molecule has 0 amide bonds. The minimum Gasteiger partial charge on any atom is -0.477 e. The van der Waals surface area contributed by atoms with E-state index in [2.05, 4.69) is 45.4 Å². The molecule has 0 N–H and O–H groups in total. The molecule has 0 bridgehead atoms. The molecule has 2 aromatic carbocycles. The van der Waals surface area contributed by atoms with Crippen molar-refractivity contribution in [2.75, 3.05) is 0 Å². The number of hydrogen-bond acceptors (Lipinski definition) is 4. The summed E-state index contributed by atoms with van der Waals surface area (Å²) in [6.45, 7) is 2.08. The molecule has 0 radical (unpaired) electrons. The van der Waals surface area contributed by atoms with Gasteiger partial charge in [-0.15, -0.1) is 0 Å². The molecule has 1 heterocycles. The van der Waals surface area contributed by atoms with Crippen molar-refractivity contribution in [1.82, 2.24) is 0 Å². The Labute approximate surface area is 173 Å². The maximum absolute atomic E-state index is 13.3. The van der Waals surface area contributed by atoms with E-state index < -0.39 is 10.5 Å². The van der Waals surface area contributed by atoms with Crippen LogP contribution in [0, 0.1) is 13.7 Å². The highest BCUT2D eigenvalue weighted by Crippen LogP contribution is 2.44. The molecule has 2 aromatic rings. The molecule has 26 heavy (non-hydrogen) atoms. The molecule has 0 saturated heterocycles. The standard InChI is InChI=1S/C19H17BrINO4/c1-2-3-8-19(11-12-4-6-14(7-5-12)22(24)25)18(23)15-9-13(20)10-16(21)17(15)26-19/h4-7,9-10H,2-3,8,11H2,1H3. The average Bonchev–Trinajstić information content (AvgIpc) is 2.87. The molecule has 0 spiro atoms. The second-order valence-electron chi connectivity index (χ2n) is 6.39. The molecule has 1 unspecified atom stereocenters. The molecular weight excluding hydrogens is 513 g/mol. The van der Waals surface area contributed by atoms with Crippen LogP contribution in [0.4, 0.5) is 5.69 Å². The molecule has 7 heteroatoms. The van der Waals surface area contributed by atoms with E-state index in [0.29, 0.717) is 24.2 Å². The maximum atomic E-state index is 13.3. The molecule has 0 saturated carbocycles. The van der Waals surface area contributed by atoms with Gasteiger partial charge in [0.1, 0.15) is 5.75 Å². The van der Waals surface area contributed by atoms with E-state index in [-0.39, 0.29) is 11.5 Å². The quantitative estimate of drug-likeness (QED) is 0.273. The predicted molar refractivity (Wildman–Crippen MR) is 111 cm³/mol. The second-order valence-corrected chi connectivity index (χ2v) is 8.47. The number of ether oxygens (including phenoxy) is 1. The van der Waals surface area contributed by atoms with Crippen molar-refractivity contribution in [3.8, 4) is 5.75 Å². The summed E-state index contributed by atoms with van der Waals surface area (Å²) in [7, 11) is 0. The van der Waals surface area contributed by atoms with Crippen molar-refractivity contribution >= 4 is 50.0 Å². The third-order valence-corrected chi connectivity index (χ3v) is 5.79. The largest absolute Gasteiger partial charge is 0.477 e. The molecular formula is C19H17BrINO4. The number of nitro benzene ring substituents is 1. The van der Waals surface area contributed by atoms with Crippen LogP contribution in [0.15, 0.2) is 40.9 Å². The summed E-state index contributed by atoms with van der Waals surface area (Å²) in [5.41, 5.74) is 0.537. The van der Waals surface area contributed by atoms with Crippen LogP contribution in [0.5, 0.6) is 5.75 Å². The number of nitrogens with zero attached hydrogens (tertiary/aromatic N) is 1. The number of fused-ring (bicyclic) bond motifs is 1. The first kappa shape index (κ1) is 19.3. The summed E-state index contributed by atoms with van der Waals surface area (Å²) in [5, 5.41) is 10.9. The van der Waals surface area contributed by atoms with Gasteiger partial charge in [-0.1, -0.05) is 41.4 Å². The molecule has 0 aromatic heterocycles. The Balaban J connectivity index is 1.97. The van der Waals surface area contributed by atoms with Crippen molar-refractivity contribution in [3.63, 3.8) is 0 Å². The molecule has 1 aliphatic heterocycles. The van der Waals surface area contributed by atoms with Gasteiger partial charge in [-0.3, -0.25) is 14.9 Å². The number of non-ortho nitro benzene ring substituents is 1. The Kier molecular flexibility index (Phi) is 5.67. The van der Waals surface area contributed by atoms with Gasteiger partial charge in [-0.2, -0.15) is 0 Å². The zero-order valence-electron chi connectivity index (χ0n) is 14.1. The highest BCUT2D eigenvalue weighted by atomic mass is 127. The van der Waals surface area contributed by atoms with Crippen molar-refractivity contribution in [3.05, 3.63) is 65.7 Å². The predicted octanol–water partition coefficient (Wildman–Crippen LogP) is 5.71. The highest BCUT2D eigenvalue weighted by Gasteiger charge is 2.48. The molecule has 5 nitrogen and oxygen atoms in total. The van der Waals surface area contributed by atoms with Crippen molar-refractivity contribution in [2.24, 2.45) is 0 Å². The van der Waals surface area contributed by atoms with Crippen LogP contribution >= 0.6 is 38.5 Å². The lowest BCUT2D eigenvalue weighted by Gasteiger charge is -2.27. The number of unbranched alkanes of at least 4 members (excludes halogenated alkanes) is 1. The summed E-state index contributed by atoms with van der Waals surface area (Å²) in [6, 6.07) is 10.1. The van der Waals surface area contributed by atoms with E-state index in [1.165, 1.54) is 12.1 Å². The van der Waals surface area contributed by atoms with Crippen LogP contribution in [-0.2, 0) is 6.42 Å². The van der Waals surface area contributed by atoms with Gasteiger partial charge in [0, 0.05) is 23.0 Å². The Morgan fingerprint density at radius 2 is 1.96 bits per heavy atom. The fraction of sp³-hybridized carbons (Fsp3) is 0.316. The summed E-state index contributed by atoms with van der Waals surface area (Å²) >= 11 is 5.62. The maximum Gasteiger partial charge on any atom is 0.269 e. The van der Waals surface area contributed by atoms with E-state index >= 15 is 0 Å². The summed E-state index contributed by atoms with van der Waals surface area (Å²) in [5.74, 6) is 0.621.